The van der Waals surface area contributed by atoms with E-state index in [1.165, 1.54) is 0 Å². The second kappa shape index (κ2) is 5.86. The van der Waals surface area contributed by atoms with Crippen molar-refractivity contribution >= 4 is 5.69 Å². The number of nitriles is 1. The van der Waals surface area contributed by atoms with Crippen molar-refractivity contribution in [2.75, 3.05) is 18.0 Å². The molecule has 3 rings (SSSR count). The number of hydrogen-bond acceptors (Lipinski definition) is 4. The largest absolute Gasteiger partial charge is 0.482 e. The molecule has 0 radical (unpaired) electrons. The molecule has 1 aliphatic heterocycles. The number of hydrogen-bond donors (Lipinski definition) is 1. The monoisotopic (exact) mass is 279 g/mol. The molecular weight excluding hydrogens is 262 g/mol. The van der Waals surface area contributed by atoms with E-state index in [0.29, 0.717) is 19.6 Å². The van der Waals surface area contributed by atoms with Crippen LogP contribution >= 0.6 is 0 Å². The van der Waals surface area contributed by atoms with Crippen molar-refractivity contribution in [2.24, 2.45) is 5.73 Å². The maximum absolute atomic E-state index is 9.05. The van der Waals surface area contributed by atoms with E-state index in [1.807, 2.05) is 48.5 Å². The average Bonchev–Trinajstić information content (AvgIpc) is 2.55. The Morgan fingerprint density at radius 1 is 1.24 bits per heavy atom. The van der Waals surface area contributed by atoms with E-state index in [-0.39, 0.29) is 6.10 Å². The fraction of sp³-hybridized carbons (Fsp3) is 0.235. The van der Waals surface area contributed by atoms with Crippen LogP contribution < -0.4 is 15.4 Å². The Bertz CT molecular complexity index is 663. The predicted molar refractivity (Wildman–Crippen MR) is 82.0 cm³/mol. The lowest BCUT2D eigenvalue weighted by atomic mass is 10.1. The SMILES string of the molecule is N#CCN1CC(c2ccccc2)Oc2cc(CN)ccc21. The van der Waals surface area contributed by atoms with Gasteiger partial charge in [-0.25, -0.2) is 0 Å². The molecule has 1 heterocycles. The summed E-state index contributed by atoms with van der Waals surface area (Å²) in [6.45, 7) is 1.50. The zero-order valence-electron chi connectivity index (χ0n) is 11.7. The van der Waals surface area contributed by atoms with E-state index < -0.39 is 0 Å². The predicted octanol–water partition coefficient (Wildman–Crippen LogP) is 2.61. The number of anilines is 1. The first-order valence-electron chi connectivity index (χ1n) is 6.98. The van der Waals surface area contributed by atoms with Crippen molar-refractivity contribution in [1.82, 2.24) is 0 Å². The zero-order chi connectivity index (χ0) is 14.7. The molecule has 0 bridgehead atoms. The molecule has 106 valence electrons. The zero-order valence-corrected chi connectivity index (χ0v) is 11.7. The van der Waals surface area contributed by atoms with Gasteiger partial charge in [-0.2, -0.15) is 5.26 Å². The van der Waals surface area contributed by atoms with Gasteiger partial charge in [0.05, 0.1) is 18.3 Å². The molecule has 2 N–H and O–H groups in total. The van der Waals surface area contributed by atoms with Gasteiger partial charge >= 0.3 is 0 Å². The maximum atomic E-state index is 9.05. The van der Waals surface area contributed by atoms with E-state index in [4.69, 9.17) is 15.7 Å². The summed E-state index contributed by atoms with van der Waals surface area (Å²) in [5, 5.41) is 9.05. The van der Waals surface area contributed by atoms with Crippen molar-refractivity contribution in [3.8, 4) is 11.8 Å². The first-order valence-corrected chi connectivity index (χ1v) is 6.98. The minimum absolute atomic E-state index is 0.0694. The lowest BCUT2D eigenvalue weighted by Crippen LogP contribution is -2.35. The fourth-order valence-electron chi connectivity index (χ4n) is 2.61. The molecule has 0 fully saturated rings. The van der Waals surface area contributed by atoms with Gasteiger partial charge in [0.1, 0.15) is 18.4 Å². The summed E-state index contributed by atoms with van der Waals surface area (Å²) in [5.74, 6) is 0.799. The smallest absolute Gasteiger partial charge is 0.143 e. The topological polar surface area (TPSA) is 62.3 Å². The Morgan fingerprint density at radius 2 is 2.05 bits per heavy atom. The Balaban J connectivity index is 1.97. The minimum Gasteiger partial charge on any atom is -0.482 e. The molecule has 0 spiro atoms. The van der Waals surface area contributed by atoms with E-state index in [1.54, 1.807) is 0 Å². The lowest BCUT2D eigenvalue weighted by Gasteiger charge is -2.35. The van der Waals surface area contributed by atoms with Gasteiger partial charge in [-0.1, -0.05) is 36.4 Å². The van der Waals surface area contributed by atoms with Crippen molar-refractivity contribution < 1.29 is 4.74 Å². The molecule has 2 aromatic carbocycles. The van der Waals surface area contributed by atoms with Gasteiger partial charge in [-0.15, -0.1) is 0 Å². The third kappa shape index (κ3) is 2.69. The molecular formula is C17H17N3O. The van der Waals surface area contributed by atoms with E-state index in [0.717, 1.165) is 22.6 Å². The van der Waals surface area contributed by atoms with Gasteiger partial charge in [-0.3, -0.25) is 0 Å². The van der Waals surface area contributed by atoms with Crippen LogP contribution in [0.15, 0.2) is 48.5 Å². The number of benzene rings is 2. The highest BCUT2D eigenvalue weighted by Gasteiger charge is 2.26. The van der Waals surface area contributed by atoms with Gasteiger partial charge < -0.3 is 15.4 Å². The molecule has 0 aromatic heterocycles. The van der Waals surface area contributed by atoms with Crippen LogP contribution in [-0.2, 0) is 6.54 Å². The third-order valence-electron chi connectivity index (χ3n) is 3.69. The Kier molecular flexibility index (Phi) is 3.76. The standard InChI is InChI=1S/C17H17N3O/c18-8-9-20-12-17(14-4-2-1-3-5-14)21-16-10-13(11-19)6-7-15(16)20/h1-7,10,17H,9,11-12,19H2. The molecule has 1 unspecified atom stereocenters. The highest BCUT2D eigenvalue weighted by molar-refractivity contribution is 5.62. The highest BCUT2D eigenvalue weighted by atomic mass is 16.5. The van der Waals surface area contributed by atoms with Gasteiger partial charge in [-0.05, 0) is 23.3 Å². The molecule has 4 nitrogen and oxygen atoms in total. The van der Waals surface area contributed by atoms with Crippen molar-refractivity contribution in [1.29, 1.82) is 5.26 Å². The second-order valence-electron chi connectivity index (χ2n) is 5.06. The summed E-state index contributed by atoms with van der Waals surface area (Å²) in [6, 6.07) is 18.2. The van der Waals surface area contributed by atoms with Crippen LogP contribution in [0.25, 0.3) is 0 Å². The van der Waals surface area contributed by atoms with Gasteiger partial charge in [0, 0.05) is 6.54 Å². The van der Waals surface area contributed by atoms with Gasteiger partial charge in [0.2, 0.25) is 0 Å². The van der Waals surface area contributed by atoms with Crippen molar-refractivity contribution in [2.45, 2.75) is 12.6 Å². The van der Waals surface area contributed by atoms with Crippen LogP contribution in [0, 0.1) is 11.3 Å². The van der Waals surface area contributed by atoms with Gasteiger partial charge in [0.15, 0.2) is 0 Å². The second-order valence-corrected chi connectivity index (χ2v) is 5.06. The molecule has 0 aliphatic carbocycles. The molecule has 21 heavy (non-hydrogen) atoms. The highest BCUT2D eigenvalue weighted by Crippen LogP contribution is 2.38. The number of rotatable bonds is 3. The van der Waals surface area contributed by atoms with E-state index in [9.17, 15) is 0 Å². The molecule has 1 atom stereocenters. The fourth-order valence-corrected chi connectivity index (χ4v) is 2.61. The summed E-state index contributed by atoms with van der Waals surface area (Å²) in [7, 11) is 0. The lowest BCUT2D eigenvalue weighted by molar-refractivity contribution is 0.198. The minimum atomic E-state index is -0.0694. The average molecular weight is 279 g/mol. The molecule has 1 aliphatic rings. The third-order valence-corrected chi connectivity index (χ3v) is 3.69. The number of nitrogens with two attached hydrogens (primary N) is 1. The maximum Gasteiger partial charge on any atom is 0.143 e. The van der Waals surface area contributed by atoms with Gasteiger partial charge in [0.25, 0.3) is 0 Å². The number of ether oxygens (including phenoxy) is 1. The van der Waals surface area contributed by atoms with E-state index >= 15 is 0 Å². The van der Waals surface area contributed by atoms with Crippen LogP contribution in [0.4, 0.5) is 5.69 Å². The van der Waals surface area contributed by atoms with Crippen molar-refractivity contribution in [3.63, 3.8) is 0 Å². The first-order chi connectivity index (χ1) is 10.3. The Labute approximate surface area is 124 Å². The van der Waals surface area contributed by atoms with Crippen molar-refractivity contribution in [3.05, 3.63) is 59.7 Å². The van der Waals surface area contributed by atoms with Crippen LogP contribution in [0.1, 0.15) is 17.2 Å². The van der Waals surface area contributed by atoms with E-state index in [2.05, 4.69) is 11.0 Å². The quantitative estimate of drug-likeness (QED) is 0.877. The molecule has 2 aromatic rings. The summed E-state index contributed by atoms with van der Waals surface area (Å²) in [5.41, 5.74) is 8.80. The summed E-state index contributed by atoms with van der Waals surface area (Å²) in [6.07, 6.45) is -0.0694. The molecule has 4 heteroatoms. The summed E-state index contributed by atoms with van der Waals surface area (Å²) >= 11 is 0. The Hall–Kier alpha value is -2.51. The summed E-state index contributed by atoms with van der Waals surface area (Å²) in [4.78, 5) is 2.05. The Morgan fingerprint density at radius 3 is 2.76 bits per heavy atom. The summed E-state index contributed by atoms with van der Waals surface area (Å²) < 4.78 is 6.13. The van der Waals surface area contributed by atoms with Crippen LogP contribution in [0.2, 0.25) is 0 Å². The molecule has 0 amide bonds. The van der Waals surface area contributed by atoms with Crippen LogP contribution in [-0.4, -0.2) is 13.1 Å². The molecule has 0 saturated heterocycles. The molecule has 0 saturated carbocycles. The van der Waals surface area contributed by atoms with Crippen LogP contribution in [0.5, 0.6) is 5.75 Å². The number of fused-ring (bicyclic) bond motifs is 1. The number of nitrogens with zero attached hydrogens (tertiary/aromatic N) is 2. The van der Waals surface area contributed by atoms with Crippen LogP contribution in [0.3, 0.4) is 0 Å². The normalized spacial score (nSPS) is 16.8. The first kappa shape index (κ1) is 13.5.